The number of nitrogens with zero attached hydrogens (tertiary/aromatic N) is 1. The molecule has 1 aliphatic rings. The molecule has 6 nitrogen and oxygen atoms in total. The number of anilines is 1. The highest BCUT2D eigenvalue weighted by atomic mass is 16.5. The molecule has 2 aromatic rings. The number of nitrogens with one attached hydrogen (secondary N) is 1. The van der Waals surface area contributed by atoms with Crippen LogP contribution in [0.15, 0.2) is 42.5 Å². The Hall–Kier alpha value is -2.70. The highest BCUT2D eigenvalue weighted by molar-refractivity contribution is 5.96. The minimum Gasteiger partial charge on any atom is -0.452 e. The van der Waals surface area contributed by atoms with Crippen LogP contribution in [0.4, 0.5) is 5.69 Å². The van der Waals surface area contributed by atoms with Gasteiger partial charge in [-0.1, -0.05) is 30.3 Å². The molecule has 0 radical (unpaired) electrons. The van der Waals surface area contributed by atoms with Crippen molar-refractivity contribution in [3.05, 3.63) is 64.7 Å². The highest BCUT2D eigenvalue weighted by Crippen LogP contribution is 2.19. The number of esters is 1. The van der Waals surface area contributed by atoms with Gasteiger partial charge in [0.2, 0.25) is 0 Å². The Kier molecular flexibility index (Phi) is 6.79. The van der Waals surface area contributed by atoms with Gasteiger partial charge < -0.3 is 14.8 Å². The van der Waals surface area contributed by atoms with E-state index in [2.05, 4.69) is 10.2 Å². The van der Waals surface area contributed by atoms with Gasteiger partial charge in [-0.2, -0.15) is 0 Å². The molecule has 1 aliphatic heterocycles. The largest absolute Gasteiger partial charge is 0.452 e. The number of carbonyl (C=O) groups excluding carboxylic acids is 2. The molecule has 1 heterocycles. The van der Waals surface area contributed by atoms with Crippen LogP contribution in [0.5, 0.6) is 0 Å². The predicted octanol–water partition coefficient (Wildman–Crippen LogP) is 2.93. The maximum atomic E-state index is 12.2. The third kappa shape index (κ3) is 5.41. The summed E-state index contributed by atoms with van der Waals surface area (Å²) in [5, 5.41) is 2.81. The van der Waals surface area contributed by atoms with Gasteiger partial charge in [0.15, 0.2) is 6.61 Å². The Morgan fingerprint density at radius 3 is 2.32 bits per heavy atom. The number of para-hydroxylation sites is 1. The second kappa shape index (κ2) is 9.48. The fourth-order valence-electron chi connectivity index (χ4n) is 3.17. The summed E-state index contributed by atoms with van der Waals surface area (Å²) in [6, 6.07) is 13.1. The van der Waals surface area contributed by atoms with Gasteiger partial charge in [0.1, 0.15) is 0 Å². The van der Waals surface area contributed by atoms with Crippen molar-refractivity contribution in [1.29, 1.82) is 0 Å². The van der Waals surface area contributed by atoms with Crippen LogP contribution in [0.1, 0.15) is 27.0 Å². The molecule has 1 fully saturated rings. The summed E-state index contributed by atoms with van der Waals surface area (Å²) in [5.74, 6) is -0.857. The average molecular weight is 382 g/mol. The molecule has 3 rings (SSSR count). The van der Waals surface area contributed by atoms with Crippen LogP contribution < -0.4 is 5.32 Å². The summed E-state index contributed by atoms with van der Waals surface area (Å²) in [5.41, 5.74) is 4.26. The summed E-state index contributed by atoms with van der Waals surface area (Å²) in [7, 11) is 0. The number of morpholine rings is 1. The molecule has 2 aromatic carbocycles. The third-order valence-electron chi connectivity index (χ3n) is 4.78. The zero-order valence-electron chi connectivity index (χ0n) is 16.4. The molecule has 0 saturated carbocycles. The molecule has 0 aromatic heterocycles. The zero-order chi connectivity index (χ0) is 19.9. The van der Waals surface area contributed by atoms with Gasteiger partial charge in [-0.3, -0.25) is 9.69 Å². The van der Waals surface area contributed by atoms with Gasteiger partial charge in [-0.25, -0.2) is 4.79 Å². The number of aryl methyl sites for hydroxylation is 2. The van der Waals surface area contributed by atoms with E-state index < -0.39 is 5.97 Å². The van der Waals surface area contributed by atoms with Gasteiger partial charge in [0.25, 0.3) is 5.91 Å². The number of hydrogen-bond acceptors (Lipinski definition) is 5. The molecular weight excluding hydrogens is 356 g/mol. The first-order chi connectivity index (χ1) is 13.5. The third-order valence-corrected chi connectivity index (χ3v) is 4.78. The van der Waals surface area contributed by atoms with Crippen LogP contribution in [0.2, 0.25) is 0 Å². The number of carbonyl (C=O) groups is 2. The van der Waals surface area contributed by atoms with Gasteiger partial charge in [0.05, 0.1) is 18.8 Å². The molecule has 6 heteroatoms. The van der Waals surface area contributed by atoms with Crippen molar-refractivity contribution in [3.8, 4) is 0 Å². The second-order valence-electron chi connectivity index (χ2n) is 6.98. The highest BCUT2D eigenvalue weighted by Gasteiger charge is 2.14. The number of rotatable bonds is 6. The lowest BCUT2D eigenvalue weighted by atomic mass is 10.1. The summed E-state index contributed by atoms with van der Waals surface area (Å²) >= 11 is 0. The quantitative estimate of drug-likeness (QED) is 0.778. The number of ether oxygens (including phenoxy) is 2. The topological polar surface area (TPSA) is 67.9 Å². The van der Waals surface area contributed by atoms with Crippen molar-refractivity contribution in [3.63, 3.8) is 0 Å². The lowest BCUT2D eigenvalue weighted by Gasteiger charge is -2.26. The number of amides is 1. The molecule has 0 bridgehead atoms. The molecule has 0 aliphatic carbocycles. The Morgan fingerprint density at radius 2 is 1.68 bits per heavy atom. The van der Waals surface area contributed by atoms with Crippen LogP contribution in [0, 0.1) is 13.8 Å². The van der Waals surface area contributed by atoms with E-state index in [4.69, 9.17) is 9.47 Å². The summed E-state index contributed by atoms with van der Waals surface area (Å²) in [6.45, 7) is 7.71. The Balaban J connectivity index is 1.49. The van der Waals surface area contributed by atoms with Crippen molar-refractivity contribution >= 4 is 17.6 Å². The SMILES string of the molecule is Cc1cccc(C)c1NC(=O)COC(=O)c1ccc(CN2CCOCC2)cc1. The van der Waals surface area contributed by atoms with Crippen LogP contribution in [0.3, 0.4) is 0 Å². The number of hydrogen-bond donors (Lipinski definition) is 1. The van der Waals surface area contributed by atoms with Gasteiger partial charge in [-0.15, -0.1) is 0 Å². The summed E-state index contributed by atoms with van der Waals surface area (Å²) in [6.07, 6.45) is 0. The Bertz CT molecular complexity index is 807. The Labute approximate surface area is 165 Å². The van der Waals surface area contributed by atoms with E-state index in [-0.39, 0.29) is 12.5 Å². The van der Waals surface area contributed by atoms with Gasteiger partial charge >= 0.3 is 5.97 Å². The molecule has 1 saturated heterocycles. The van der Waals surface area contributed by atoms with Crippen LogP contribution in [0.25, 0.3) is 0 Å². The average Bonchev–Trinajstić information content (AvgIpc) is 2.70. The van der Waals surface area contributed by atoms with Crippen LogP contribution in [-0.2, 0) is 20.8 Å². The second-order valence-corrected chi connectivity index (χ2v) is 6.98. The first kappa shape index (κ1) is 20.0. The van der Waals surface area contributed by atoms with Crippen molar-refractivity contribution in [1.82, 2.24) is 4.90 Å². The van der Waals surface area contributed by atoms with Gasteiger partial charge in [0, 0.05) is 25.3 Å². The molecule has 1 N–H and O–H groups in total. The molecule has 0 spiro atoms. The minimum atomic E-state index is -0.505. The number of benzene rings is 2. The summed E-state index contributed by atoms with van der Waals surface area (Å²) in [4.78, 5) is 26.6. The van der Waals surface area contributed by atoms with E-state index in [9.17, 15) is 9.59 Å². The molecule has 148 valence electrons. The van der Waals surface area contributed by atoms with Crippen LogP contribution in [-0.4, -0.2) is 49.7 Å². The van der Waals surface area contributed by atoms with Gasteiger partial charge in [-0.05, 0) is 42.7 Å². The smallest absolute Gasteiger partial charge is 0.338 e. The first-order valence-corrected chi connectivity index (χ1v) is 9.45. The summed E-state index contributed by atoms with van der Waals surface area (Å²) < 4.78 is 10.5. The van der Waals surface area contributed by atoms with E-state index in [0.717, 1.165) is 55.2 Å². The molecule has 1 amide bonds. The van der Waals surface area contributed by atoms with E-state index in [1.54, 1.807) is 12.1 Å². The van der Waals surface area contributed by atoms with E-state index in [1.807, 2.05) is 44.2 Å². The molecule has 0 unspecified atom stereocenters. The fraction of sp³-hybridized carbons (Fsp3) is 0.364. The maximum absolute atomic E-state index is 12.2. The lowest BCUT2D eigenvalue weighted by Crippen LogP contribution is -2.35. The van der Waals surface area contributed by atoms with Crippen molar-refractivity contribution < 1.29 is 19.1 Å². The normalized spacial score (nSPS) is 14.5. The Morgan fingerprint density at radius 1 is 1.04 bits per heavy atom. The van der Waals surface area contributed by atoms with E-state index in [1.165, 1.54) is 0 Å². The standard InChI is InChI=1S/C22H26N2O4/c1-16-4-3-5-17(2)21(16)23-20(25)15-28-22(26)19-8-6-18(7-9-19)14-24-10-12-27-13-11-24/h3-9H,10-15H2,1-2H3,(H,23,25). The van der Waals surface area contributed by atoms with Crippen molar-refractivity contribution in [2.45, 2.75) is 20.4 Å². The fourth-order valence-corrected chi connectivity index (χ4v) is 3.17. The predicted molar refractivity (Wildman–Crippen MR) is 107 cm³/mol. The van der Waals surface area contributed by atoms with Crippen LogP contribution >= 0.6 is 0 Å². The molecular formula is C22H26N2O4. The molecule has 0 atom stereocenters. The minimum absolute atomic E-state index is 0.317. The first-order valence-electron chi connectivity index (χ1n) is 9.45. The maximum Gasteiger partial charge on any atom is 0.338 e. The van der Waals surface area contributed by atoms with Crippen molar-refractivity contribution in [2.24, 2.45) is 0 Å². The van der Waals surface area contributed by atoms with E-state index >= 15 is 0 Å². The zero-order valence-corrected chi connectivity index (χ0v) is 16.4. The monoisotopic (exact) mass is 382 g/mol. The van der Waals surface area contributed by atoms with E-state index in [0.29, 0.717) is 5.56 Å². The van der Waals surface area contributed by atoms with Crippen molar-refractivity contribution in [2.75, 3.05) is 38.2 Å². The molecule has 28 heavy (non-hydrogen) atoms. The lowest BCUT2D eigenvalue weighted by molar-refractivity contribution is -0.119.